The maximum absolute atomic E-state index is 11.9. The van der Waals surface area contributed by atoms with Crippen molar-refractivity contribution in [2.24, 2.45) is 5.18 Å². The Balaban J connectivity index is 2.78. The number of carbonyl (C=O) groups is 1. The fourth-order valence-electron chi connectivity index (χ4n) is 2.48. The Bertz CT molecular complexity index is 632. The van der Waals surface area contributed by atoms with Crippen LogP contribution in [0.3, 0.4) is 0 Å². The third-order valence-corrected chi connectivity index (χ3v) is 3.37. The first kappa shape index (κ1) is 13.4. The van der Waals surface area contributed by atoms with E-state index in [1.165, 1.54) is 6.92 Å². The molecule has 0 spiro atoms. The molecule has 0 aliphatic rings. The summed E-state index contributed by atoms with van der Waals surface area (Å²) in [6.45, 7) is 3.60. The van der Waals surface area contributed by atoms with E-state index in [0.29, 0.717) is 5.56 Å². The molecule has 0 saturated carbocycles. The molecule has 19 heavy (non-hydrogen) atoms. The van der Waals surface area contributed by atoms with Crippen molar-refractivity contribution < 1.29 is 4.79 Å². The number of carbonyl (C=O) groups excluding carboxylic acids is 1. The number of hydrogen-bond acceptors (Lipinski definition) is 3. The van der Waals surface area contributed by atoms with E-state index in [-0.39, 0.29) is 11.5 Å². The van der Waals surface area contributed by atoms with E-state index in [9.17, 15) is 9.70 Å². The number of nitrogens with zero attached hydrogens (tertiary/aromatic N) is 1. The van der Waals surface area contributed by atoms with Gasteiger partial charge in [-0.1, -0.05) is 37.6 Å². The smallest absolute Gasteiger partial charge is 0.162 e. The third-order valence-electron chi connectivity index (χ3n) is 3.37. The summed E-state index contributed by atoms with van der Waals surface area (Å²) in [5, 5.41) is 5.06. The van der Waals surface area contributed by atoms with Gasteiger partial charge in [0.2, 0.25) is 0 Å². The number of ketones is 1. The molecule has 0 aromatic heterocycles. The van der Waals surface area contributed by atoms with Crippen LogP contribution < -0.4 is 0 Å². The van der Waals surface area contributed by atoms with Crippen LogP contribution in [0.2, 0.25) is 0 Å². The zero-order valence-electron chi connectivity index (χ0n) is 11.3. The molecule has 0 radical (unpaired) electrons. The molecule has 2 aromatic rings. The highest BCUT2D eigenvalue weighted by molar-refractivity contribution is 6.06. The number of hydrogen-bond donors (Lipinski definition) is 0. The van der Waals surface area contributed by atoms with Crippen molar-refractivity contribution in [2.45, 2.75) is 33.1 Å². The van der Waals surface area contributed by atoms with E-state index in [0.717, 1.165) is 35.6 Å². The quantitative estimate of drug-likeness (QED) is 0.570. The topological polar surface area (TPSA) is 46.5 Å². The molecule has 98 valence electrons. The van der Waals surface area contributed by atoms with Crippen LogP contribution in [-0.2, 0) is 6.42 Å². The molecule has 0 aliphatic carbocycles. The van der Waals surface area contributed by atoms with Gasteiger partial charge in [-0.2, -0.15) is 0 Å². The lowest BCUT2D eigenvalue weighted by molar-refractivity contribution is 0.101. The second-order valence-electron chi connectivity index (χ2n) is 4.72. The molecule has 0 bridgehead atoms. The van der Waals surface area contributed by atoms with Crippen LogP contribution in [0.25, 0.3) is 10.8 Å². The fraction of sp³-hybridized carbons (Fsp3) is 0.312. The van der Waals surface area contributed by atoms with Crippen molar-refractivity contribution in [3.8, 4) is 0 Å². The molecule has 0 aliphatic heterocycles. The lowest BCUT2D eigenvalue weighted by Crippen LogP contribution is -2.02. The van der Waals surface area contributed by atoms with Crippen molar-refractivity contribution in [1.82, 2.24) is 0 Å². The van der Waals surface area contributed by atoms with Crippen molar-refractivity contribution in [2.75, 3.05) is 0 Å². The van der Waals surface area contributed by atoms with Gasteiger partial charge in [0.15, 0.2) is 5.78 Å². The summed E-state index contributed by atoms with van der Waals surface area (Å²) < 4.78 is 0. The zero-order valence-corrected chi connectivity index (χ0v) is 11.3. The number of nitroso groups, excluding NO2 is 1. The Kier molecular flexibility index (Phi) is 4.05. The number of unbranched alkanes of at least 4 members (excludes halogenated alkanes) is 1. The molecule has 0 heterocycles. The summed E-state index contributed by atoms with van der Waals surface area (Å²) in [4.78, 5) is 22.9. The summed E-state index contributed by atoms with van der Waals surface area (Å²) in [6.07, 6.45) is 2.84. The van der Waals surface area contributed by atoms with Gasteiger partial charge in [0.25, 0.3) is 0 Å². The summed E-state index contributed by atoms with van der Waals surface area (Å²) in [5.74, 6) is -0.0912. The highest BCUT2D eigenvalue weighted by atomic mass is 16.3. The van der Waals surface area contributed by atoms with Crippen LogP contribution in [0, 0.1) is 4.91 Å². The van der Waals surface area contributed by atoms with E-state index >= 15 is 0 Å². The second kappa shape index (κ2) is 5.74. The standard InChI is InChI=1S/C16H17NO2/c1-3-4-8-14-13-9-6-5-7-12(13)10-15(17-19)16(14)11(2)18/h5-7,9-10H,3-4,8H2,1-2H3. The summed E-state index contributed by atoms with van der Waals surface area (Å²) >= 11 is 0. The van der Waals surface area contributed by atoms with Gasteiger partial charge in [0.1, 0.15) is 5.69 Å². The average molecular weight is 255 g/mol. The van der Waals surface area contributed by atoms with E-state index in [1.807, 2.05) is 24.3 Å². The fourth-order valence-corrected chi connectivity index (χ4v) is 2.48. The van der Waals surface area contributed by atoms with Crippen LogP contribution in [0.1, 0.15) is 42.6 Å². The van der Waals surface area contributed by atoms with Gasteiger partial charge >= 0.3 is 0 Å². The Hall–Kier alpha value is -2.03. The third kappa shape index (κ3) is 2.55. The van der Waals surface area contributed by atoms with Gasteiger partial charge in [-0.05, 0) is 47.3 Å². The van der Waals surface area contributed by atoms with E-state index in [2.05, 4.69) is 12.1 Å². The molecule has 3 heteroatoms. The highest BCUT2D eigenvalue weighted by Gasteiger charge is 2.17. The molecular weight excluding hydrogens is 238 g/mol. The zero-order chi connectivity index (χ0) is 13.8. The van der Waals surface area contributed by atoms with Crippen molar-refractivity contribution in [3.63, 3.8) is 0 Å². The van der Waals surface area contributed by atoms with Gasteiger partial charge in [0, 0.05) is 0 Å². The average Bonchev–Trinajstić information content (AvgIpc) is 2.43. The van der Waals surface area contributed by atoms with Crippen molar-refractivity contribution in [3.05, 3.63) is 46.4 Å². The second-order valence-corrected chi connectivity index (χ2v) is 4.72. The van der Waals surface area contributed by atoms with E-state index in [4.69, 9.17) is 0 Å². The lowest BCUT2D eigenvalue weighted by atomic mass is 9.92. The maximum Gasteiger partial charge on any atom is 0.162 e. The van der Waals surface area contributed by atoms with Gasteiger partial charge in [-0.25, -0.2) is 0 Å². The van der Waals surface area contributed by atoms with Crippen LogP contribution in [0.15, 0.2) is 35.5 Å². The van der Waals surface area contributed by atoms with Crippen molar-refractivity contribution >= 4 is 22.2 Å². The molecule has 0 atom stereocenters. The first-order valence-corrected chi connectivity index (χ1v) is 6.58. The molecule has 0 unspecified atom stereocenters. The molecule has 3 nitrogen and oxygen atoms in total. The van der Waals surface area contributed by atoms with Gasteiger partial charge < -0.3 is 0 Å². The summed E-state index contributed by atoms with van der Waals surface area (Å²) in [5.41, 5.74) is 1.71. The maximum atomic E-state index is 11.9. The predicted octanol–water partition coefficient (Wildman–Crippen LogP) is 4.78. The molecule has 2 aromatic carbocycles. The number of rotatable bonds is 5. The Labute approximate surface area is 112 Å². The number of fused-ring (bicyclic) bond motifs is 1. The van der Waals surface area contributed by atoms with Crippen molar-refractivity contribution in [1.29, 1.82) is 0 Å². The van der Waals surface area contributed by atoms with Crippen LogP contribution in [0.4, 0.5) is 5.69 Å². The largest absolute Gasteiger partial charge is 0.294 e. The molecular formula is C16H17NO2. The molecule has 0 amide bonds. The number of aryl methyl sites for hydroxylation is 1. The molecule has 0 saturated heterocycles. The van der Waals surface area contributed by atoms with Gasteiger partial charge in [-0.15, -0.1) is 4.91 Å². The predicted molar refractivity (Wildman–Crippen MR) is 78.0 cm³/mol. The Morgan fingerprint density at radius 1 is 1.26 bits per heavy atom. The lowest BCUT2D eigenvalue weighted by Gasteiger charge is -2.12. The molecule has 0 N–H and O–H groups in total. The SMILES string of the molecule is CCCCc1c(C(C)=O)c(N=O)cc2ccccc12. The summed E-state index contributed by atoms with van der Waals surface area (Å²) in [7, 11) is 0. The van der Waals surface area contributed by atoms with Crippen LogP contribution in [-0.4, -0.2) is 5.78 Å². The molecule has 0 fully saturated rings. The number of benzene rings is 2. The van der Waals surface area contributed by atoms with Gasteiger partial charge in [0.05, 0.1) is 5.56 Å². The normalized spacial score (nSPS) is 10.6. The summed E-state index contributed by atoms with van der Waals surface area (Å²) in [6, 6.07) is 9.53. The van der Waals surface area contributed by atoms with E-state index < -0.39 is 0 Å². The Morgan fingerprint density at radius 3 is 2.63 bits per heavy atom. The first-order valence-electron chi connectivity index (χ1n) is 6.58. The Morgan fingerprint density at radius 2 is 2.00 bits per heavy atom. The minimum absolute atomic E-state index is 0.0912. The van der Waals surface area contributed by atoms with Crippen LogP contribution >= 0.6 is 0 Å². The number of Topliss-reactive ketones (excluding diaryl/α,β-unsaturated/α-hetero) is 1. The molecule has 2 rings (SSSR count). The first-order chi connectivity index (χ1) is 9.19. The van der Waals surface area contributed by atoms with Crippen LogP contribution in [0.5, 0.6) is 0 Å². The van der Waals surface area contributed by atoms with E-state index in [1.54, 1.807) is 6.07 Å². The van der Waals surface area contributed by atoms with Gasteiger partial charge in [-0.3, -0.25) is 4.79 Å². The monoisotopic (exact) mass is 255 g/mol. The minimum atomic E-state index is -0.0912. The minimum Gasteiger partial charge on any atom is -0.294 e. The highest BCUT2D eigenvalue weighted by Crippen LogP contribution is 2.32.